The Morgan fingerprint density at radius 2 is 0.810 bits per heavy atom. The number of benzene rings is 12. The molecule has 18 rings (SSSR count). The molecule has 0 aliphatic heterocycles. The number of halogens is 1. The van der Waals surface area contributed by atoms with Gasteiger partial charge in [-0.15, -0.1) is 0 Å². The second-order valence-corrected chi connectivity index (χ2v) is 20.8. The lowest BCUT2D eigenvalue weighted by molar-refractivity contribution is 1.01. The highest BCUT2D eigenvalue weighted by atomic mass is 35.5. The lowest BCUT2D eigenvalue weighted by atomic mass is 9.93. The van der Waals surface area contributed by atoms with Crippen molar-refractivity contribution in [3.05, 3.63) is 271 Å². The fraction of sp³-hybridized carbons (Fsp3) is 0.0137. The number of fused-ring (bicyclic) bond motifs is 16. The van der Waals surface area contributed by atoms with Crippen molar-refractivity contribution >= 4 is 76.8 Å². The molecule has 0 saturated heterocycles. The number of para-hydroxylation sites is 3. The second kappa shape index (κ2) is 18.0. The maximum Gasteiger partial charge on any atom is 0.235 e. The first-order chi connectivity index (χ1) is 39.1. The zero-order valence-corrected chi connectivity index (χ0v) is 43.3. The Hall–Kier alpha value is -10.1. The van der Waals surface area contributed by atoms with E-state index in [9.17, 15) is 0 Å². The van der Waals surface area contributed by atoms with Crippen molar-refractivity contribution in [1.29, 1.82) is 0 Å². The highest BCUT2D eigenvalue weighted by Gasteiger charge is 2.30. The number of hydrogen-bond acceptors (Lipinski definition) is 4. The zero-order valence-electron chi connectivity index (χ0n) is 42.6. The lowest BCUT2D eigenvalue weighted by Crippen LogP contribution is -2.03. The van der Waals surface area contributed by atoms with Gasteiger partial charge in [-0.3, -0.25) is 4.57 Å². The molecule has 0 bridgehead atoms. The van der Waals surface area contributed by atoms with E-state index >= 15 is 0 Å². The smallest absolute Gasteiger partial charge is 0.235 e. The molecule has 3 aliphatic rings. The molecule has 0 radical (unpaired) electrons. The van der Waals surface area contributed by atoms with Gasteiger partial charge in [0.15, 0.2) is 0 Å². The molecule has 0 saturated carbocycles. The van der Waals surface area contributed by atoms with E-state index in [1.165, 1.54) is 99.1 Å². The summed E-state index contributed by atoms with van der Waals surface area (Å²) in [5.41, 5.74) is 24.6. The van der Waals surface area contributed by atoms with Gasteiger partial charge in [0.25, 0.3) is 0 Å². The Morgan fingerprint density at radius 3 is 1.48 bits per heavy atom. The second-order valence-electron chi connectivity index (χ2n) is 20.5. The van der Waals surface area contributed by atoms with Crippen LogP contribution in [-0.2, 0) is 6.42 Å². The molecule has 79 heavy (non-hydrogen) atoms. The molecule has 0 amide bonds. The van der Waals surface area contributed by atoms with E-state index in [4.69, 9.17) is 21.6 Å². The van der Waals surface area contributed by atoms with E-state index in [1.54, 1.807) is 0 Å². The molecule has 5 nitrogen and oxygen atoms in total. The van der Waals surface area contributed by atoms with Gasteiger partial charge >= 0.3 is 0 Å². The molecule has 0 atom stereocenters. The van der Waals surface area contributed by atoms with Crippen LogP contribution in [0.3, 0.4) is 0 Å². The van der Waals surface area contributed by atoms with Crippen LogP contribution in [-0.4, -0.2) is 24.5 Å². The monoisotopic (exact) mass is 1030 g/mol. The van der Waals surface area contributed by atoms with Crippen molar-refractivity contribution in [2.24, 2.45) is 0 Å². The zero-order chi connectivity index (χ0) is 52.1. The minimum atomic E-state index is 0.280. The number of hydrogen-bond donors (Lipinski definition) is 0. The van der Waals surface area contributed by atoms with E-state index in [0.29, 0.717) is 5.95 Å². The Labute approximate surface area is 460 Å². The van der Waals surface area contributed by atoms with E-state index in [1.807, 2.05) is 66.7 Å². The molecule has 0 N–H and O–H groups in total. The average molecular weight is 1030 g/mol. The van der Waals surface area contributed by atoms with Gasteiger partial charge in [-0.25, -0.2) is 19.9 Å². The Kier molecular flexibility index (Phi) is 10.3. The Balaban J connectivity index is 0.000000110. The van der Waals surface area contributed by atoms with Gasteiger partial charge in [-0.1, -0.05) is 231 Å². The summed E-state index contributed by atoms with van der Waals surface area (Å²) in [6, 6.07) is 89.9. The molecule has 0 fully saturated rings. The van der Waals surface area contributed by atoms with E-state index in [-0.39, 0.29) is 5.28 Å². The minimum absolute atomic E-state index is 0.280. The number of nitrogens with zero attached hydrogens (tertiary/aromatic N) is 5. The molecule has 12 aromatic carbocycles. The highest BCUT2D eigenvalue weighted by molar-refractivity contribution is 6.29. The standard InChI is InChI=1S/C36H21N3.C23H14.C14H9ClN2/c1-2-10-23(11-3-1)35-26-14-4-6-18-29(26)37-36(38-35)39-30-19-7-5-15-27(30)34-31(39)21-20-25-24-16-8-12-22-13-9-17-28(32(22)24)33(25)34;1-2-8-17-15(5-1)13-16-11-12-19-18-9-3-6-14-7-4-10-20(21(14)18)23(19)22(16)17;15-14-16-12-9-5-4-8-11(12)13(17-14)10-6-2-1-3-7-10/h1-21H;1-12H,13H2;1-9H. The van der Waals surface area contributed by atoms with E-state index in [2.05, 4.69) is 203 Å². The van der Waals surface area contributed by atoms with Crippen LogP contribution in [0.2, 0.25) is 5.28 Å². The summed E-state index contributed by atoms with van der Waals surface area (Å²) in [6.07, 6.45) is 1.06. The van der Waals surface area contributed by atoms with Gasteiger partial charge in [0, 0.05) is 38.2 Å². The van der Waals surface area contributed by atoms with E-state index in [0.717, 1.165) is 61.8 Å². The maximum absolute atomic E-state index is 5.95. The summed E-state index contributed by atoms with van der Waals surface area (Å²) in [4.78, 5) is 18.9. The molecule has 368 valence electrons. The van der Waals surface area contributed by atoms with Crippen molar-refractivity contribution in [3.63, 3.8) is 0 Å². The van der Waals surface area contributed by atoms with Gasteiger partial charge in [0.1, 0.15) is 0 Å². The van der Waals surface area contributed by atoms with E-state index < -0.39 is 0 Å². The first kappa shape index (κ1) is 45.2. The SMILES string of the molecule is Clc1nc(-c2ccccc2)c2ccccc2n1.c1ccc(-c2nc(-n3c4ccccc4c4c5c(ccc43)-c3cccc4cccc-5c34)nc3ccccc23)cc1.c1ccc2c(c1)Cc1ccc3c(c1-2)-c1cccc2cccc-3c12. The first-order valence-electron chi connectivity index (χ1n) is 26.8. The largest absolute Gasteiger partial charge is 0.278 e. The van der Waals surface area contributed by atoms with Crippen molar-refractivity contribution in [2.45, 2.75) is 6.42 Å². The molecular formula is C73H44ClN5. The third-order valence-corrected chi connectivity index (χ3v) is 16.4. The van der Waals surface area contributed by atoms with Crippen molar-refractivity contribution in [1.82, 2.24) is 24.5 Å². The molecule has 3 aliphatic carbocycles. The summed E-state index contributed by atoms with van der Waals surface area (Å²) in [5, 5.41) is 10.2. The number of rotatable bonds is 3. The topological polar surface area (TPSA) is 56.5 Å². The summed E-state index contributed by atoms with van der Waals surface area (Å²) < 4.78 is 2.24. The van der Waals surface area contributed by atoms with Crippen molar-refractivity contribution in [2.75, 3.05) is 0 Å². The third kappa shape index (κ3) is 7.10. The van der Waals surface area contributed by atoms with Crippen molar-refractivity contribution < 1.29 is 0 Å². The summed E-state index contributed by atoms with van der Waals surface area (Å²) in [7, 11) is 0. The fourth-order valence-electron chi connectivity index (χ4n) is 12.9. The predicted molar refractivity (Wildman–Crippen MR) is 328 cm³/mol. The summed E-state index contributed by atoms with van der Waals surface area (Å²) in [6.45, 7) is 0. The quantitative estimate of drug-likeness (QED) is 0.166. The average Bonchev–Trinajstić information content (AvgIpc) is 3.85. The van der Waals surface area contributed by atoms with Gasteiger partial charge in [-0.05, 0) is 125 Å². The van der Waals surface area contributed by atoms with Crippen LogP contribution in [0.4, 0.5) is 0 Å². The Morgan fingerprint density at radius 1 is 0.304 bits per heavy atom. The lowest BCUT2D eigenvalue weighted by Gasteiger charge is -2.12. The Bertz CT molecular complexity index is 5000. The molecule has 3 aromatic heterocycles. The summed E-state index contributed by atoms with van der Waals surface area (Å²) in [5.74, 6) is 0.687. The minimum Gasteiger partial charge on any atom is -0.278 e. The summed E-state index contributed by atoms with van der Waals surface area (Å²) >= 11 is 5.95. The van der Waals surface area contributed by atoms with Gasteiger partial charge < -0.3 is 0 Å². The first-order valence-corrected chi connectivity index (χ1v) is 27.2. The van der Waals surface area contributed by atoms with Crippen molar-refractivity contribution in [3.8, 4) is 84.1 Å². The molecule has 15 aromatic rings. The predicted octanol–water partition coefficient (Wildman–Crippen LogP) is 19.2. The van der Waals surface area contributed by atoms with Crippen LogP contribution in [0.1, 0.15) is 11.1 Å². The normalized spacial score (nSPS) is 12.1. The van der Waals surface area contributed by atoms with Crippen LogP contribution < -0.4 is 0 Å². The van der Waals surface area contributed by atoms with Crippen LogP contribution >= 0.6 is 11.6 Å². The highest BCUT2D eigenvalue weighted by Crippen LogP contribution is 2.55. The third-order valence-electron chi connectivity index (χ3n) is 16.2. The van der Waals surface area contributed by atoms with Gasteiger partial charge in [-0.2, -0.15) is 0 Å². The number of aromatic nitrogens is 5. The maximum atomic E-state index is 5.95. The fourth-order valence-corrected chi connectivity index (χ4v) is 13.1. The molecule has 6 heteroatoms. The van der Waals surface area contributed by atoms with Crippen LogP contribution in [0.15, 0.2) is 255 Å². The molecule has 0 spiro atoms. The molecule has 3 heterocycles. The van der Waals surface area contributed by atoms with Gasteiger partial charge in [0.05, 0.1) is 33.5 Å². The molecule has 0 unspecified atom stereocenters. The van der Waals surface area contributed by atoms with Crippen LogP contribution in [0.25, 0.3) is 149 Å². The van der Waals surface area contributed by atoms with Crippen LogP contribution in [0.5, 0.6) is 0 Å². The van der Waals surface area contributed by atoms with Crippen LogP contribution in [0, 0.1) is 0 Å². The molecular weight excluding hydrogens is 982 g/mol. The van der Waals surface area contributed by atoms with Gasteiger partial charge in [0.2, 0.25) is 11.2 Å².